The lowest BCUT2D eigenvalue weighted by molar-refractivity contribution is -0.135. The summed E-state index contributed by atoms with van der Waals surface area (Å²) >= 11 is 0. The lowest BCUT2D eigenvalue weighted by Crippen LogP contribution is -2.38. The van der Waals surface area contributed by atoms with Crippen molar-refractivity contribution in [3.05, 3.63) is 29.8 Å². The molecule has 1 amide bonds. The van der Waals surface area contributed by atoms with Gasteiger partial charge in [-0.15, -0.1) is 0 Å². The maximum atomic E-state index is 12.2. The Kier molecular flexibility index (Phi) is 3.87. The summed E-state index contributed by atoms with van der Waals surface area (Å²) in [6.45, 7) is 2.80. The summed E-state index contributed by atoms with van der Waals surface area (Å²) in [7, 11) is 0. The van der Waals surface area contributed by atoms with Gasteiger partial charge in [0.2, 0.25) is 5.91 Å². The van der Waals surface area contributed by atoms with Crippen LogP contribution in [-0.2, 0) is 11.3 Å². The second-order valence-corrected chi connectivity index (χ2v) is 5.00. The first-order chi connectivity index (χ1) is 8.61. The molecule has 98 valence electrons. The number of nitrogens with zero attached hydrogens (tertiary/aromatic N) is 1. The SMILES string of the molecule is CC(CN)C(=O)N(Cc1cccc(O)c1)C1CC1. The van der Waals surface area contributed by atoms with Crippen LogP contribution in [0.25, 0.3) is 0 Å². The van der Waals surface area contributed by atoms with E-state index in [1.165, 1.54) is 0 Å². The number of rotatable bonds is 5. The van der Waals surface area contributed by atoms with Crippen molar-refractivity contribution < 1.29 is 9.90 Å². The summed E-state index contributed by atoms with van der Waals surface area (Å²) in [4.78, 5) is 14.1. The van der Waals surface area contributed by atoms with E-state index in [0.717, 1.165) is 18.4 Å². The maximum Gasteiger partial charge on any atom is 0.227 e. The highest BCUT2D eigenvalue weighted by atomic mass is 16.3. The number of hydrogen-bond acceptors (Lipinski definition) is 3. The van der Waals surface area contributed by atoms with Crippen LogP contribution in [0.4, 0.5) is 0 Å². The molecule has 1 aliphatic carbocycles. The van der Waals surface area contributed by atoms with Gasteiger partial charge in [0.1, 0.15) is 5.75 Å². The fourth-order valence-corrected chi connectivity index (χ4v) is 2.01. The molecule has 1 fully saturated rings. The summed E-state index contributed by atoms with van der Waals surface area (Å²) in [5, 5.41) is 9.45. The number of carbonyl (C=O) groups excluding carboxylic acids is 1. The van der Waals surface area contributed by atoms with Gasteiger partial charge in [-0.2, -0.15) is 0 Å². The molecule has 2 rings (SSSR count). The molecule has 1 aromatic rings. The van der Waals surface area contributed by atoms with E-state index in [-0.39, 0.29) is 17.6 Å². The molecule has 4 heteroatoms. The van der Waals surface area contributed by atoms with Crippen LogP contribution in [0.3, 0.4) is 0 Å². The van der Waals surface area contributed by atoms with E-state index in [9.17, 15) is 9.90 Å². The molecule has 3 N–H and O–H groups in total. The highest BCUT2D eigenvalue weighted by Gasteiger charge is 2.34. The van der Waals surface area contributed by atoms with Crippen molar-refractivity contribution in [1.29, 1.82) is 0 Å². The molecule has 0 radical (unpaired) electrons. The first-order valence-electron chi connectivity index (χ1n) is 6.40. The average Bonchev–Trinajstić information content (AvgIpc) is 3.18. The first-order valence-corrected chi connectivity index (χ1v) is 6.40. The number of phenolic OH excluding ortho intramolecular Hbond substituents is 1. The molecule has 1 unspecified atom stereocenters. The summed E-state index contributed by atoms with van der Waals surface area (Å²) < 4.78 is 0. The van der Waals surface area contributed by atoms with E-state index in [1.807, 2.05) is 17.9 Å². The number of nitrogens with two attached hydrogens (primary N) is 1. The zero-order valence-corrected chi connectivity index (χ0v) is 10.7. The van der Waals surface area contributed by atoms with Crippen molar-refractivity contribution in [2.75, 3.05) is 6.54 Å². The van der Waals surface area contributed by atoms with Gasteiger partial charge < -0.3 is 15.7 Å². The molecule has 1 aromatic carbocycles. The van der Waals surface area contributed by atoms with Gasteiger partial charge in [0, 0.05) is 25.0 Å². The first kappa shape index (κ1) is 12.9. The van der Waals surface area contributed by atoms with E-state index >= 15 is 0 Å². The highest BCUT2D eigenvalue weighted by Crippen LogP contribution is 2.30. The third-order valence-electron chi connectivity index (χ3n) is 3.31. The average molecular weight is 248 g/mol. The van der Waals surface area contributed by atoms with Crippen LogP contribution in [0, 0.1) is 5.92 Å². The zero-order valence-electron chi connectivity index (χ0n) is 10.7. The minimum absolute atomic E-state index is 0.114. The number of aromatic hydroxyl groups is 1. The molecule has 0 bridgehead atoms. The molecule has 0 aromatic heterocycles. The minimum Gasteiger partial charge on any atom is -0.508 e. The molecule has 0 spiro atoms. The van der Waals surface area contributed by atoms with Crippen LogP contribution >= 0.6 is 0 Å². The van der Waals surface area contributed by atoms with Gasteiger partial charge in [0.05, 0.1) is 0 Å². The summed E-state index contributed by atoms with van der Waals surface area (Å²) in [6, 6.07) is 7.42. The fraction of sp³-hybridized carbons (Fsp3) is 0.500. The van der Waals surface area contributed by atoms with E-state index < -0.39 is 0 Å². The monoisotopic (exact) mass is 248 g/mol. The molecule has 18 heavy (non-hydrogen) atoms. The van der Waals surface area contributed by atoms with Crippen molar-refractivity contribution in [2.24, 2.45) is 11.7 Å². The second kappa shape index (κ2) is 5.40. The minimum atomic E-state index is -0.136. The van der Waals surface area contributed by atoms with Crippen LogP contribution < -0.4 is 5.73 Å². The third-order valence-corrected chi connectivity index (χ3v) is 3.31. The van der Waals surface area contributed by atoms with Gasteiger partial charge in [-0.25, -0.2) is 0 Å². The van der Waals surface area contributed by atoms with E-state index in [1.54, 1.807) is 18.2 Å². The predicted octanol–water partition coefficient (Wildman–Crippen LogP) is 1.48. The lowest BCUT2D eigenvalue weighted by Gasteiger charge is -2.25. The van der Waals surface area contributed by atoms with Crippen molar-refractivity contribution in [3.63, 3.8) is 0 Å². The number of carbonyl (C=O) groups is 1. The van der Waals surface area contributed by atoms with Crippen molar-refractivity contribution in [2.45, 2.75) is 32.4 Å². The van der Waals surface area contributed by atoms with Gasteiger partial charge in [-0.1, -0.05) is 19.1 Å². The smallest absolute Gasteiger partial charge is 0.227 e. The summed E-state index contributed by atoms with van der Waals surface area (Å²) in [6.07, 6.45) is 2.14. The Morgan fingerprint density at radius 2 is 2.28 bits per heavy atom. The largest absolute Gasteiger partial charge is 0.508 e. The molecule has 0 aliphatic heterocycles. The van der Waals surface area contributed by atoms with Crippen LogP contribution in [0.1, 0.15) is 25.3 Å². The molecule has 0 heterocycles. The van der Waals surface area contributed by atoms with Crippen LogP contribution in [0.15, 0.2) is 24.3 Å². The van der Waals surface area contributed by atoms with Gasteiger partial charge in [-0.05, 0) is 30.5 Å². The molecular formula is C14H20N2O2. The Morgan fingerprint density at radius 3 is 2.83 bits per heavy atom. The quantitative estimate of drug-likeness (QED) is 0.829. The summed E-state index contributed by atoms with van der Waals surface area (Å²) in [5.41, 5.74) is 6.52. The lowest BCUT2D eigenvalue weighted by atomic mass is 10.1. The molecule has 0 saturated heterocycles. The van der Waals surface area contributed by atoms with Crippen molar-refractivity contribution in [1.82, 2.24) is 4.90 Å². The van der Waals surface area contributed by atoms with Gasteiger partial charge in [0.15, 0.2) is 0 Å². The molecule has 4 nitrogen and oxygen atoms in total. The third kappa shape index (κ3) is 3.01. The van der Waals surface area contributed by atoms with Crippen LogP contribution in [-0.4, -0.2) is 28.5 Å². The van der Waals surface area contributed by atoms with Crippen molar-refractivity contribution in [3.8, 4) is 5.75 Å². The van der Waals surface area contributed by atoms with E-state index in [0.29, 0.717) is 19.1 Å². The Labute approximate surface area is 107 Å². The van der Waals surface area contributed by atoms with E-state index in [2.05, 4.69) is 0 Å². The number of hydrogen-bond donors (Lipinski definition) is 2. The Balaban J connectivity index is 2.09. The summed E-state index contributed by atoms with van der Waals surface area (Å²) in [5.74, 6) is 0.217. The number of amides is 1. The number of phenols is 1. The Hall–Kier alpha value is -1.55. The topological polar surface area (TPSA) is 66.6 Å². The van der Waals surface area contributed by atoms with Gasteiger partial charge in [0.25, 0.3) is 0 Å². The highest BCUT2D eigenvalue weighted by molar-refractivity contribution is 5.79. The zero-order chi connectivity index (χ0) is 13.1. The molecule has 1 saturated carbocycles. The van der Waals surface area contributed by atoms with Crippen molar-refractivity contribution >= 4 is 5.91 Å². The molecule has 1 aliphatic rings. The Morgan fingerprint density at radius 1 is 1.56 bits per heavy atom. The predicted molar refractivity (Wildman–Crippen MR) is 69.9 cm³/mol. The normalized spacial score (nSPS) is 16.3. The number of benzene rings is 1. The van der Waals surface area contributed by atoms with Gasteiger partial charge in [-0.3, -0.25) is 4.79 Å². The maximum absolute atomic E-state index is 12.2. The fourth-order valence-electron chi connectivity index (χ4n) is 2.01. The van der Waals surface area contributed by atoms with E-state index in [4.69, 9.17) is 5.73 Å². The van der Waals surface area contributed by atoms with Crippen LogP contribution in [0.2, 0.25) is 0 Å². The molecular weight excluding hydrogens is 228 g/mol. The second-order valence-electron chi connectivity index (χ2n) is 5.00. The molecule has 1 atom stereocenters. The Bertz CT molecular complexity index is 430. The van der Waals surface area contributed by atoms with Crippen LogP contribution in [0.5, 0.6) is 5.75 Å². The standard InChI is InChI=1S/C14H20N2O2/c1-10(8-15)14(18)16(12-5-6-12)9-11-3-2-4-13(17)7-11/h2-4,7,10,12,17H,5-6,8-9,15H2,1H3. The van der Waals surface area contributed by atoms with Gasteiger partial charge >= 0.3 is 0 Å².